The number of fused-ring (bicyclic) bond motifs is 2. The molecule has 2 heterocycles. The lowest BCUT2D eigenvalue weighted by Crippen LogP contribution is -2.53. The number of carboxylic acid groups (broad SMARTS) is 1. The predicted molar refractivity (Wildman–Crippen MR) is 72.8 cm³/mol. The van der Waals surface area contributed by atoms with Crippen molar-refractivity contribution in [1.29, 1.82) is 0 Å². The Hall–Kier alpha value is -1.88. The number of amides is 1. The molecule has 2 atom stereocenters. The second kappa shape index (κ2) is 4.06. The first-order valence-corrected chi connectivity index (χ1v) is 6.66. The van der Waals surface area contributed by atoms with Gasteiger partial charge in [0.1, 0.15) is 5.41 Å². The molecular weight excluding hydrogens is 258 g/mol. The zero-order valence-corrected chi connectivity index (χ0v) is 11.5. The average molecular weight is 275 g/mol. The summed E-state index contributed by atoms with van der Waals surface area (Å²) in [5, 5.41) is 9.18. The smallest absolute Gasteiger partial charge is 0.306 e. The van der Waals surface area contributed by atoms with Gasteiger partial charge >= 0.3 is 5.97 Å². The predicted octanol–water partition coefficient (Wildman–Crippen LogP) is 1.55. The lowest BCUT2D eigenvalue weighted by atomic mass is 9.67. The number of likely N-dealkylation sites (N-methyl/N-ethyl adjacent to an activating group) is 1. The number of para-hydroxylation sites is 1. The highest BCUT2D eigenvalue weighted by Crippen LogP contribution is 2.55. The molecule has 0 aromatic heterocycles. The molecule has 0 radical (unpaired) electrons. The van der Waals surface area contributed by atoms with Crippen LogP contribution < -0.4 is 4.90 Å². The van der Waals surface area contributed by atoms with E-state index < -0.39 is 17.0 Å². The molecule has 1 N–H and O–H groups in total. The molecule has 1 aromatic carbocycles. The molecule has 2 unspecified atom stereocenters. The van der Waals surface area contributed by atoms with Gasteiger partial charge in [-0.25, -0.2) is 0 Å². The summed E-state index contributed by atoms with van der Waals surface area (Å²) in [5.74, 6) is -1.02. The summed E-state index contributed by atoms with van der Waals surface area (Å²) in [6, 6.07) is 7.56. The molecule has 0 saturated carbocycles. The van der Waals surface area contributed by atoms with Gasteiger partial charge in [-0.3, -0.25) is 9.59 Å². The highest BCUT2D eigenvalue weighted by atomic mass is 16.5. The van der Waals surface area contributed by atoms with E-state index in [4.69, 9.17) is 4.74 Å². The number of hydrogen-bond donors (Lipinski definition) is 1. The number of carbonyl (C=O) groups excluding carboxylic acids is 1. The van der Waals surface area contributed by atoms with Crippen LogP contribution in [0.4, 0.5) is 5.69 Å². The van der Waals surface area contributed by atoms with Gasteiger partial charge in [-0.05, 0) is 25.0 Å². The quantitative estimate of drug-likeness (QED) is 0.889. The van der Waals surface area contributed by atoms with Crippen molar-refractivity contribution in [2.45, 2.75) is 30.8 Å². The first kappa shape index (κ1) is 13.1. The molecular formula is C15H17NO4. The number of carbonyl (C=O) groups is 2. The number of hydrogen-bond acceptors (Lipinski definition) is 3. The van der Waals surface area contributed by atoms with Gasteiger partial charge in [0.2, 0.25) is 5.91 Å². The van der Waals surface area contributed by atoms with Crippen molar-refractivity contribution in [3.63, 3.8) is 0 Å². The third-order valence-electron chi connectivity index (χ3n) is 4.68. The summed E-state index contributed by atoms with van der Waals surface area (Å²) in [6.45, 7) is 2.14. The Balaban J connectivity index is 2.21. The Morgan fingerprint density at radius 2 is 2.15 bits per heavy atom. The standard InChI is InChI=1S/C15H17NO4/c1-14(9-12(17)18)15(7-8-20-14)10-5-3-4-6-11(10)16(2)13(15)19/h3-6H,7-9H2,1-2H3,(H,17,18). The molecule has 2 aliphatic rings. The monoisotopic (exact) mass is 275 g/mol. The summed E-state index contributed by atoms with van der Waals surface area (Å²) in [7, 11) is 1.73. The summed E-state index contributed by atoms with van der Waals surface area (Å²) in [4.78, 5) is 25.6. The van der Waals surface area contributed by atoms with Crippen molar-refractivity contribution in [3.8, 4) is 0 Å². The Labute approximate surface area is 117 Å². The Morgan fingerprint density at radius 1 is 1.45 bits per heavy atom. The van der Waals surface area contributed by atoms with Crippen molar-refractivity contribution in [2.24, 2.45) is 0 Å². The molecule has 3 rings (SSSR count). The van der Waals surface area contributed by atoms with Crippen LogP contribution in [-0.4, -0.2) is 36.2 Å². The van der Waals surface area contributed by atoms with Crippen LogP contribution in [0.5, 0.6) is 0 Å². The maximum absolute atomic E-state index is 12.8. The normalized spacial score (nSPS) is 31.9. The second-order valence-electron chi connectivity index (χ2n) is 5.69. The highest BCUT2D eigenvalue weighted by molar-refractivity contribution is 6.09. The molecule has 5 nitrogen and oxygen atoms in total. The fourth-order valence-corrected chi connectivity index (χ4v) is 3.70. The largest absolute Gasteiger partial charge is 0.481 e. The van der Waals surface area contributed by atoms with Crippen LogP contribution in [0.1, 0.15) is 25.3 Å². The molecule has 1 spiro atoms. The van der Waals surface area contributed by atoms with E-state index in [0.717, 1.165) is 11.3 Å². The van der Waals surface area contributed by atoms with Crippen molar-refractivity contribution >= 4 is 17.6 Å². The molecule has 5 heteroatoms. The second-order valence-corrected chi connectivity index (χ2v) is 5.69. The zero-order chi connectivity index (χ0) is 14.5. The van der Waals surface area contributed by atoms with E-state index >= 15 is 0 Å². The van der Waals surface area contributed by atoms with Gasteiger partial charge in [-0.2, -0.15) is 0 Å². The number of nitrogens with zero attached hydrogens (tertiary/aromatic N) is 1. The van der Waals surface area contributed by atoms with Gasteiger partial charge in [-0.1, -0.05) is 18.2 Å². The lowest BCUT2D eigenvalue weighted by Gasteiger charge is -2.37. The lowest BCUT2D eigenvalue weighted by molar-refractivity contribution is -0.146. The van der Waals surface area contributed by atoms with E-state index in [0.29, 0.717) is 13.0 Å². The van der Waals surface area contributed by atoms with Crippen molar-refractivity contribution in [2.75, 3.05) is 18.6 Å². The van der Waals surface area contributed by atoms with Crippen molar-refractivity contribution in [3.05, 3.63) is 29.8 Å². The van der Waals surface area contributed by atoms with E-state index in [1.165, 1.54) is 0 Å². The van der Waals surface area contributed by atoms with Crippen LogP contribution in [-0.2, 0) is 19.7 Å². The molecule has 1 saturated heterocycles. The molecule has 106 valence electrons. The first-order chi connectivity index (χ1) is 9.42. The van der Waals surface area contributed by atoms with Crippen LogP contribution in [0.25, 0.3) is 0 Å². The van der Waals surface area contributed by atoms with Crippen molar-refractivity contribution < 1.29 is 19.4 Å². The molecule has 0 aliphatic carbocycles. The topological polar surface area (TPSA) is 66.8 Å². The first-order valence-electron chi connectivity index (χ1n) is 6.66. The fourth-order valence-electron chi connectivity index (χ4n) is 3.70. The summed E-state index contributed by atoms with van der Waals surface area (Å²) in [6.07, 6.45) is 0.345. The maximum Gasteiger partial charge on any atom is 0.306 e. The van der Waals surface area contributed by atoms with Crippen LogP contribution in [0.15, 0.2) is 24.3 Å². The Kier molecular flexibility index (Phi) is 2.66. The minimum Gasteiger partial charge on any atom is -0.481 e. The van der Waals surface area contributed by atoms with Gasteiger partial charge in [0, 0.05) is 19.3 Å². The van der Waals surface area contributed by atoms with E-state index in [1.54, 1.807) is 18.9 Å². The van der Waals surface area contributed by atoms with E-state index in [1.807, 2.05) is 24.3 Å². The van der Waals surface area contributed by atoms with Gasteiger partial charge in [0.15, 0.2) is 0 Å². The van der Waals surface area contributed by atoms with Crippen LogP contribution in [0, 0.1) is 0 Å². The number of carboxylic acids is 1. The number of anilines is 1. The molecule has 2 aliphatic heterocycles. The van der Waals surface area contributed by atoms with E-state index in [9.17, 15) is 14.7 Å². The number of rotatable bonds is 2. The average Bonchev–Trinajstić information content (AvgIpc) is 2.83. The van der Waals surface area contributed by atoms with Crippen LogP contribution >= 0.6 is 0 Å². The minimum absolute atomic E-state index is 0.0695. The molecule has 1 fully saturated rings. The fraction of sp³-hybridized carbons (Fsp3) is 0.467. The Bertz CT molecular complexity index is 599. The zero-order valence-electron chi connectivity index (χ0n) is 11.5. The van der Waals surface area contributed by atoms with Gasteiger partial charge in [0.05, 0.1) is 12.0 Å². The van der Waals surface area contributed by atoms with Gasteiger partial charge < -0.3 is 14.7 Å². The third kappa shape index (κ3) is 1.41. The van der Waals surface area contributed by atoms with Crippen LogP contribution in [0.2, 0.25) is 0 Å². The number of aliphatic carboxylic acids is 1. The van der Waals surface area contributed by atoms with Crippen LogP contribution in [0.3, 0.4) is 0 Å². The summed E-state index contributed by atoms with van der Waals surface area (Å²) >= 11 is 0. The highest BCUT2D eigenvalue weighted by Gasteiger charge is 2.64. The van der Waals surface area contributed by atoms with Gasteiger partial charge in [-0.15, -0.1) is 0 Å². The van der Waals surface area contributed by atoms with E-state index in [-0.39, 0.29) is 12.3 Å². The molecule has 20 heavy (non-hydrogen) atoms. The minimum atomic E-state index is -1.00. The van der Waals surface area contributed by atoms with Crippen molar-refractivity contribution in [1.82, 2.24) is 0 Å². The van der Waals surface area contributed by atoms with E-state index in [2.05, 4.69) is 0 Å². The SMILES string of the molecule is CN1C(=O)C2(CCOC2(C)CC(=O)O)c2ccccc21. The number of benzene rings is 1. The number of ether oxygens (including phenoxy) is 1. The molecule has 1 amide bonds. The molecule has 1 aromatic rings. The molecule has 0 bridgehead atoms. The maximum atomic E-state index is 12.8. The summed E-state index contributed by atoms with van der Waals surface area (Å²) < 4.78 is 5.74. The summed E-state index contributed by atoms with van der Waals surface area (Å²) in [5.41, 5.74) is -0.151. The third-order valence-corrected chi connectivity index (χ3v) is 4.68. The van der Waals surface area contributed by atoms with Gasteiger partial charge in [0.25, 0.3) is 0 Å². The Morgan fingerprint density at radius 3 is 2.85 bits per heavy atom.